The van der Waals surface area contributed by atoms with Gasteiger partial charge in [-0.15, -0.1) is 11.8 Å². The van der Waals surface area contributed by atoms with Gasteiger partial charge in [0, 0.05) is 22.4 Å². The van der Waals surface area contributed by atoms with Gasteiger partial charge in [0.05, 0.1) is 27.8 Å². The van der Waals surface area contributed by atoms with Crippen molar-refractivity contribution in [3.8, 4) is 0 Å². The van der Waals surface area contributed by atoms with E-state index >= 15 is 0 Å². The summed E-state index contributed by atoms with van der Waals surface area (Å²) in [6.45, 7) is -0.244. The standard InChI is InChI=1S/C18H11Cl2F2NO3S/c19-9-1-3-11(12(20)7-9)15-16(27-6-5-24)18(26)23(17(15)25)14-8-10(21)2-4-13(14)22/h1-4,7-8,24H,5-6H2. The first kappa shape index (κ1) is 19.8. The Morgan fingerprint density at radius 1 is 1.04 bits per heavy atom. The molecular weight excluding hydrogens is 419 g/mol. The number of benzene rings is 2. The Balaban J connectivity index is 2.16. The molecule has 3 rings (SSSR count). The average molecular weight is 430 g/mol. The van der Waals surface area contributed by atoms with Crippen LogP contribution in [0.3, 0.4) is 0 Å². The monoisotopic (exact) mass is 429 g/mol. The van der Waals surface area contributed by atoms with Crippen molar-refractivity contribution >= 4 is 58.0 Å². The predicted molar refractivity (Wildman–Crippen MR) is 102 cm³/mol. The number of aliphatic hydroxyl groups is 1. The fourth-order valence-corrected chi connectivity index (χ4v) is 3.95. The Morgan fingerprint density at radius 3 is 2.44 bits per heavy atom. The molecule has 27 heavy (non-hydrogen) atoms. The number of carbonyl (C=O) groups excluding carboxylic acids is 2. The minimum absolute atomic E-state index is 0.0121. The molecular formula is C18H11Cl2F2NO3S. The summed E-state index contributed by atoms with van der Waals surface area (Å²) in [4.78, 5) is 26.4. The number of amides is 2. The fourth-order valence-electron chi connectivity index (χ4n) is 2.60. The number of halogens is 4. The van der Waals surface area contributed by atoms with E-state index in [2.05, 4.69) is 0 Å². The molecule has 2 aromatic rings. The van der Waals surface area contributed by atoms with Gasteiger partial charge >= 0.3 is 0 Å². The summed E-state index contributed by atoms with van der Waals surface area (Å²) in [6.07, 6.45) is 0. The Hall–Kier alpha value is -1.93. The smallest absolute Gasteiger partial charge is 0.272 e. The van der Waals surface area contributed by atoms with Gasteiger partial charge in [0.2, 0.25) is 0 Å². The van der Waals surface area contributed by atoms with E-state index < -0.39 is 29.1 Å². The van der Waals surface area contributed by atoms with Gasteiger partial charge < -0.3 is 5.11 Å². The van der Waals surface area contributed by atoms with Crippen LogP contribution in [-0.4, -0.2) is 29.3 Å². The lowest BCUT2D eigenvalue weighted by atomic mass is 10.1. The summed E-state index contributed by atoms with van der Waals surface area (Å²) in [5, 5.41) is 9.54. The van der Waals surface area contributed by atoms with Crippen LogP contribution in [0.15, 0.2) is 41.3 Å². The molecule has 0 atom stereocenters. The van der Waals surface area contributed by atoms with Gasteiger partial charge in [-0.25, -0.2) is 13.7 Å². The molecule has 0 fully saturated rings. The van der Waals surface area contributed by atoms with E-state index in [0.29, 0.717) is 9.92 Å². The molecule has 2 amide bonds. The number of anilines is 1. The van der Waals surface area contributed by atoms with Crippen molar-refractivity contribution in [3.63, 3.8) is 0 Å². The first-order valence-corrected chi connectivity index (χ1v) is 9.36. The Labute approximate surface area is 167 Å². The molecule has 0 aromatic heterocycles. The van der Waals surface area contributed by atoms with Crippen molar-refractivity contribution in [3.05, 3.63) is 68.5 Å². The van der Waals surface area contributed by atoms with Crippen LogP contribution in [0.25, 0.3) is 5.57 Å². The molecule has 140 valence electrons. The van der Waals surface area contributed by atoms with Crippen LogP contribution < -0.4 is 4.90 Å². The fraction of sp³-hybridized carbons (Fsp3) is 0.111. The highest BCUT2D eigenvalue weighted by molar-refractivity contribution is 8.04. The third-order valence-corrected chi connectivity index (χ3v) is 5.33. The van der Waals surface area contributed by atoms with E-state index in [1.54, 1.807) is 0 Å². The highest BCUT2D eigenvalue weighted by Crippen LogP contribution is 2.41. The minimum atomic E-state index is -0.923. The number of rotatable bonds is 5. The third-order valence-electron chi connectivity index (χ3n) is 3.73. The summed E-state index contributed by atoms with van der Waals surface area (Å²) in [5.74, 6) is -3.25. The highest BCUT2D eigenvalue weighted by atomic mass is 35.5. The number of aliphatic hydroxyl groups excluding tert-OH is 1. The number of imide groups is 1. The van der Waals surface area contributed by atoms with Crippen molar-refractivity contribution in [2.45, 2.75) is 0 Å². The summed E-state index contributed by atoms with van der Waals surface area (Å²) < 4.78 is 27.8. The SMILES string of the molecule is O=C1C(SCCO)=C(c2ccc(Cl)cc2Cl)C(=O)N1c1cc(F)ccc1F. The molecule has 9 heteroatoms. The van der Waals surface area contributed by atoms with Crippen LogP contribution in [0, 0.1) is 11.6 Å². The maximum Gasteiger partial charge on any atom is 0.272 e. The second kappa shape index (κ2) is 7.98. The van der Waals surface area contributed by atoms with Crippen LogP contribution in [0.2, 0.25) is 10.0 Å². The number of hydrogen-bond acceptors (Lipinski definition) is 4. The van der Waals surface area contributed by atoms with Crippen LogP contribution in [0.5, 0.6) is 0 Å². The van der Waals surface area contributed by atoms with Gasteiger partial charge in [-0.2, -0.15) is 0 Å². The van der Waals surface area contributed by atoms with E-state index in [-0.39, 0.29) is 33.4 Å². The van der Waals surface area contributed by atoms with Crippen LogP contribution in [0.1, 0.15) is 5.56 Å². The van der Waals surface area contributed by atoms with Gasteiger partial charge in [0.15, 0.2) is 0 Å². The van der Waals surface area contributed by atoms with Crippen LogP contribution in [-0.2, 0) is 9.59 Å². The number of hydrogen-bond donors (Lipinski definition) is 1. The number of nitrogens with zero attached hydrogens (tertiary/aromatic N) is 1. The van der Waals surface area contributed by atoms with E-state index in [9.17, 15) is 18.4 Å². The quantitative estimate of drug-likeness (QED) is 0.720. The maximum absolute atomic E-state index is 14.2. The Kier molecular flexibility index (Phi) is 5.86. The zero-order chi connectivity index (χ0) is 19.7. The lowest BCUT2D eigenvalue weighted by Gasteiger charge is -2.16. The molecule has 0 spiro atoms. The van der Waals surface area contributed by atoms with Crippen molar-refractivity contribution in [2.24, 2.45) is 0 Å². The predicted octanol–water partition coefficient (Wildman–Crippen LogP) is 4.28. The lowest BCUT2D eigenvalue weighted by Crippen LogP contribution is -2.32. The maximum atomic E-state index is 14.2. The average Bonchev–Trinajstić information content (AvgIpc) is 2.85. The van der Waals surface area contributed by atoms with Gasteiger partial charge in [0.1, 0.15) is 11.6 Å². The lowest BCUT2D eigenvalue weighted by molar-refractivity contribution is -0.119. The second-order valence-electron chi connectivity index (χ2n) is 5.44. The molecule has 0 unspecified atom stereocenters. The minimum Gasteiger partial charge on any atom is -0.396 e. The molecule has 0 saturated heterocycles. The molecule has 2 aromatic carbocycles. The molecule has 0 bridgehead atoms. The van der Waals surface area contributed by atoms with Gasteiger partial charge in [-0.3, -0.25) is 9.59 Å². The van der Waals surface area contributed by atoms with Crippen molar-refractivity contribution in [1.82, 2.24) is 0 Å². The molecule has 1 aliphatic rings. The molecule has 1 N–H and O–H groups in total. The Bertz CT molecular complexity index is 981. The first-order chi connectivity index (χ1) is 12.8. The normalized spacial score (nSPS) is 14.5. The molecule has 1 heterocycles. The van der Waals surface area contributed by atoms with E-state index in [4.69, 9.17) is 28.3 Å². The van der Waals surface area contributed by atoms with Gasteiger partial charge in [0.25, 0.3) is 11.8 Å². The number of thioether (sulfide) groups is 1. The summed E-state index contributed by atoms with van der Waals surface area (Å²) in [7, 11) is 0. The van der Waals surface area contributed by atoms with Gasteiger partial charge in [-0.05, 0) is 24.3 Å². The van der Waals surface area contributed by atoms with Crippen LogP contribution >= 0.6 is 35.0 Å². The van der Waals surface area contributed by atoms with Gasteiger partial charge in [-0.1, -0.05) is 29.3 Å². The molecule has 1 aliphatic heterocycles. The molecule has 0 saturated carbocycles. The Morgan fingerprint density at radius 2 is 1.78 bits per heavy atom. The second-order valence-corrected chi connectivity index (χ2v) is 7.39. The first-order valence-electron chi connectivity index (χ1n) is 7.62. The van der Waals surface area contributed by atoms with Crippen LogP contribution in [0.4, 0.5) is 14.5 Å². The summed E-state index contributed by atoms with van der Waals surface area (Å²) in [5.41, 5.74) is -0.310. The third kappa shape index (κ3) is 3.73. The topological polar surface area (TPSA) is 57.6 Å². The zero-order valence-electron chi connectivity index (χ0n) is 13.5. The largest absolute Gasteiger partial charge is 0.396 e. The van der Waals surface area contributed by atoms with E-state index in [0.717, 1.165) is 30.0 Å². The van der Waals surface area contributed by atoms with Crippen molar-refractivity contribution in [1.29, 1.82) is 0 Å². The number of carbonyl (C=O) groups is 2. The molecule has 0 aliphatic carbocycles. The van der Waals surface area contributed by atoms with Crippen molar-refractivity contribution in [2.75, 3.05) is 17.3 Å². The highest BCUT2D eigenvalue weighted by Gasteiger charge is 2.42. The summed E-state index contributed by atoms with van der Waals surface area (Å²) >= 11 is 13.0. The molecule has 0 radical (unpaired) electrons. The summed E-state index contributed by atoms with van der Waals surface area (Å²) in [6, 6.07) is 6.85. The zero-order valence-corrected chi connectivity index (χ0v) is 15.8. The van der Waals surface area contributed by atoms with Crippen molar-refractivity contribution < 1.29 is 23.5 Å². The van der Waals surface area contributed by atoms with E-state index in [1.165, 1.54) is 18.2 Å². The molecule has 4 nitrogen and oxygen atoms in total. The van der Waals surface area contributed by atoms with E-state index in [1.807, 2.05) is 0 Å².